The monoisotopic (exact) mass is 274 g/mol. The molecule has 0 aliphatic rings. The highest BCUT2D eigenvalue weighted by atomic mass is 19.3. The Balaban J connectivity index is 2.61. The maximum Gasteiger partial charge on any atom is 0.387 e. The normalized spacial score (nSPS) is 10.5. The molecule has 6 heteroatoms. The quantitative estimate of drug-likeness (QED) is 0.740. The summed E-state index contributed by atoms with van der Waals surface area (Å²) in [5.41, 5.74) is 0.807. The molecule has 1 rings (SSSR count). The van der Waals surface area contributed by atoms with Crippen molar-refractivity contribution in [3.05, 3.63) is 23.8 Å². The molecule has 19 heavy (non-hydrogen) atoms. The molecule has 0 bridgehead atoms. The van der Waals surface area contributed by atoms with E-state index in [0.717, 1.165) is 5.56 Å². The molecule has 0 heterocycles. The minimum absolute atomic E-state index is 0.00626. The number of halogens is 2. The van der Waals surface area contributed by atoms with Crippen molar-refractivity contribution >= 4 is 5.97 Å². The van der Waals surface area contributed by atoms with Crippen LogP contribution in [-0.2, 0) is 11.2 Å². The van der Waals surface area contributed by atoms with Crippen LogP contribution in [0.4, 0.5) is 8.78 Å². The van der Waals surface area contributed by atoms with Crippen LogP contribution in [0.25, 0.3) is 0 Å². The van der Waals surface area contributed by atoms with Gasteiger partial charge in [0.1, 0.15) is 0 Å². The summed E-state index contributed by atoms with van der Waals surface area (Å²) in [6.07, 6.45) is 1.94. The molecule has 1 N–H and O–H groups in total. The summed E-state index contributed by atoms with van der Waals surface area (Å²) in [5, 5.41) is 8.50. The minimum atomic E-state index is -2.91. The Morgan fingerprint density at radius 2 is 2.05 bits per heavy atom. The highest BCUT2D eigenvalue weighted by molar-refractivity contribution is 5.66. The molecule has 0 aliphatic heterocycles. The van der Waals surface area contributed by atoms with Crippen LogP contribution in [0.3, 0.4) is 0 Å². The van der Waals surface area contributed by atoms with Crippen molar-refractivity contribution in [1.29, 1.82) is 0 Å². The summed E-state index contributed by atoms with van der Waals surface area (Å²) in [7, 11) is 1.38. The second-order valence-corrected chi connectivity index (χ2v) is 3.96. The average Bonchev–Trinajstić information content (AvgIpc) is 2.34. The van der Waals surface area contributed by atoms with Gasteiger partial charge in [0.15, 0.2) is 11.5 Å². The zero-order valence-corrected chi connectivity index (χ0v) is 10.6. The molecule has 0 aromatic heterocycles. The van der Waals surface area contributed by atoms with Gasteiger partial charge in [-0.25, -0.2) is 0 Å². The van der Waals surface area contributed by atoms with Gasteiger partial charge in [0.05, 0.1) is 7.11 Å². The van der Waals surface area contributed by atoms with Gasteiger partial charge in [0, 0.05) is 6.42 Å². The van der Waals surface area contributed by atoms with Crippen molar-refractivity contribution in [3.8, 4) is 11.5 Å². The van der Waals surface area contributed by atoms with Gasteiger partial charge in [-0.1, -0.05) is 6.07 Å². The number of alkyl halides is 2. The van der Waals surface area contributed by atoms with E-state index in [4.69, 9.17) is 9.84 Å². The number of methoxy groups -OCH3 is 1. The summed E-state index contributed by atoms with van der Waals surface area (Å²) >= 11 is 0. The van der Waals surface area contributed by atoms with Crippen molar-refractivity contribution in [2.75, 3.05) is 7.11 Å². The van der Waals surface area contributed by atoms with Crippen molar-refractivity contribution < 1.29 is 28.2 Å². The summed E-state index contributed by atoms with van der Waals surface area (Å²) in [6, 6.07) is 4.80. The fraction of sp³-hybridized carbons (Fsp3) is 0.462. The number of aryl methyl sites for hydroxylation is 1. The number of rotatable bonds is 8. The van der Waals surface area contributed by atoms with Gasteiger partial charge in [-0.15, -0.1) is 0 Å². The molecule has 4 nitrogen and oxygen atoms in total. The van der Waals surface area contributed by atoms with Gasteiger partial charge >= 0.3 is 12.6 Å². The van der Waals surface area contributed by atoms with E-state index >= 15 is 0 Å². The average molecular weight is 274 g/mol. The van der Waals surface area contributed by atoms with E-state index in [1.54, 1.807) is 12.1 Å². The standard InChI is InChI=1S/C13H16F2O4/c1-18-10-7-6-9(4-2-3-5-12(16)17)8-11(10)19-13(14)15/h6-8,13H,2-5H2,1H3,(H,16,17). The van der Waals surface area contributed by atoms with Crippen molar-refractivity contribution in [2.45, 2.75) is 32.3 Å². The molecular formula is C13H16F2O4. The Bertz CT molecular complexity index is 421. The summed E-state index contributed by atoms with van der Waals surface area (Å²) in [4.78, 5) is 10.3. The van der Waals surface area contributed by atoms with E-state index in [1.807, 2.05) is 0 Å². The van der Waals surface area contributed by atoms with Crippen molar-refractivity contribution in [2.24, 2.45) is 0 Å². The van der Waals surface area contributed by atoms with Gasteiger partial charge in [-0.2, -0.15) is 8.78 Å². The molecule has 106 valence electrons. The molecule has 0 spiro atoms. The SMILES string of the molecule is COc1ccc(CCCCC(=O)O)cc1OC(F)F. The van der Waals surface area contributed by atoms with E-state index in [0.29, 0.717) is 19.3 Å². The third-order valence-corrected chi connectivity index (χ3v) is 2.55. The Morgan fingerprint density at radius 1 is 1.32 bits per heavy atom. The van der Waals surface area contributed by atoms with Crippen LogP contribution in [0.5, 0.6) is 11.5 Å². The molecule has 0 atom stereocenters. The van der Waals surface area contributed by atoms with Gasteiger partial charge < -0.3 is 14.6 Å². The number of benzene rings is 1. The van der Waals surface area contributed by atoms with Crippen LogP contribution in [-0.4, -0.2) is 24.8 Å². The van der Waals surface area contributed by atoms with Gasteiger partial charge in [0.25, 0.3) is 0 Å². The number of hydrogen-bond acceptors (Lipinski definition) is 3. The highest BCUT2D eigenvalue weighted by Crippen LogP contribution is 2.30. The zero-order valence-electron chi connectivity index (χ0n) is 10.6. The second-order valence-electron chi connectivity index (χ2n) is 3.96. The number of hydrogen-bond donors (Lipinski definition) is 1. The number of ether oxygens (including phenoxy) is 2. The Kier molecular flexibility index (Phi) is 6.05. The first-order valence-electron chi connectivity index (χ1n) is 5.86. The van der Waals surface area contributed by atoms with Gasteiger partial charge in [-0.3, -0.25) is 4.79 Å². The van der Waals surface area contributed by atoms with E-state index in [-0.39, 0.29) is 17.9 Å². The van der Waals surface area contributed by atoms with Crippen LogP contribution in [0.2, 0.25) is 0 Å². The van der Waals surface area contributed by atoms with Crippen LogP contribution in [0, 0.1) is 0 Å². The molecule has 1 aromatic rings. The fourth-order valence-corrected chi connectivity index (χ4v) is 1.67. The topological polar surface area (TPSA) is 55.8 Å². The molecule has 0 fully saturated rings. The molecule has 0 saturated carbocycles. The van der Waals surface area contributed by atoms with Gasteiger partial charge in [0.2, 0.25) is 0 Å². The van der Waals surface area contributed by atoms with Crippen LogP contribution < -0.4 is 9.47 Å². The summed E-state index contributed by atoms with van der Waals surface area (Å²) in [6.45, 7) is -2.91. The molecule has 0 aliphatic carbocycles. The lowest BCUT2D eigenvalue weighted by atomic mass is 10.1. The Labute approximate surface area is 109 Å². The second kappa shape index (κ2) is 7.56. The highest BCUT2D eigenvalue weighted by Gasteiger charge is 2.11. The number of carboxylic acids is 1. The first kappa shape index (κ1) is 15.2. The Morgan fingerprint density at radius 3 is 2.63 bits per heavy atom. The third kappa shape index (κ3) is 5.54. The van der Waals surface area contributed by atoms with E-state index in [1.165, 1.54) is 13.2 Å². The largest absolute Gasteiger partial charge is 0.493 e. The van der Waals surface area contributed by atoms with E-state index in [9.17, 15) is 13.6 Å². The maximum absolute atomic E-state index is 12.2. The molecule has 0 saturated heterocycles. The number of carbonyl (C=O) groups is 1. The molecule has 0 unspecified atom stereocenters. The zero-order chi connectivity index (χ0) is 14.3. The smallest absolute Gasteiger partial charge is 0.387 e. The minimum Gasteiger partial charge on any atom is -0.493 e. The predicted octanol–water partition coefficient (Wildman–Crippen LogP) is 3.09. The fourth-order valence-electron chi connectivity index (χ4n) is 1.67. The lowest BCUT2D eigenvalue weighted by molar-refractivity contribution is -0.137. The number of aliphatic carboxylic acids is 1. The molecule has 1 aromatic carbocycles. The summed E-state index contributed by atoms with van der Waals surface area (Å²) in [5.74, 6) is -0.598. The van der Waals surface area contributed by atoms with Crippen LogP contribution >= 0.6 is 0 Å². The van der Waals surface area contributed by atoms with Crippen molar-refractivity contribution in [1.82, 2.24) is 0 Å². The van der Waals surface area contributed by atoms with E-state index < -0.39 is 12.6 Å². The van der Waals surface area contributed by atoms with Gasteiger partial charge in [-0.05, 0) is 37.0 Å². The lowest BCUT2D eigenvalue weighted by Gasteiger charge is -2.11. The molecule has 0 radical (unpaired) electrons. The predicted molar refractivity (Wildman–Crippen MR) is 64.8 cm³/mol. The maximum atomic E-state index is 12.2. The first-order chi connectivity index (χ1) is 9.02. The van der Waals surface area contributed by atoms with Crippen LogP contribution in [0.1, 0.15) is 24.8 Å². The Hall–Kier alpha value is -1.85. The van der Waals surface area contributed by atoms with Crippen molar-refractivity contribution in [3.63, 3.8) is 0 Å². The lowest BCUT2D eigenvalue weighted by Crippen LogP contribution is -2.04. The third-order valence-electron chi connectivity index (χ3n) is 2.55. The summed E-state index contributed by atoms with van der Waals surface area (Å²) < 4.78 is 33.7. The molecular weight excluding hydrogens is 258 g/mol. The first-order valence-corrected chi connectivity index (χ1v) is 5.86. The van der Waals surface area contributed by atoms with E-state index in [2.05, 4.69) is 4.74 Å². The van der Waals surface area contributed by atoms with Crippen LogP contribution in [0.15, 0.2) is 18.2 Å². The number of unbranched alkanes of at least 4 members (excludes halogenated alkanes) is 1. The molecule has 0 amide bonds. The number of carboxylic acid groups (broad SMARTS) is 1.